The smallest absolute Gasteiger partial charge is 0.251 e. The van der Waals surface area contributed by atoms with Crippen LogP contribution in [0.5, 0.6) is 0 Å². The molecule has 4 rings (SSSR count). The van der Waals surface area contributed by atoms with Crippen LogP contribution in [-0.2, 0) is 22.5 Å². The monoisotopic (exact) mass is 388 g/mol. The number of nitrogens with zero attached hydrogens (tertiary/aromatic N) is 3. The van der Waals surface area contributed by atoms with Crippen molar-refractivity contribution < 1.29 is 9.53 Å². The fraction of sp³-hybridized carbons (Fsp3) is 0.261. The zero-order valence-electron chi connectivity index (χ0n) is 16.2. The number of ether oxygens (including phenoxy) is 1. The molecule has 3 heterocycles. The molecule has 0 spiro atoms. The molecular formula is C23H24N4O2. The minimum atomic E-state index is -1.04. The average Bonchev–Trinajstić information content (AvgIpc) is 2.75. The third-order valence-corrected chi connectivity index (χ3v) is 5.28. The summed E-state index contributed by atoms with van der Waals surface area (Å²) in [6, 6.07) is 16.0. The van der Waals surface area contributed by atoms with Gasteiger partial charge >= 0.3 is 0 Å². The van der Waals surface area contributed by atoms with Crippen molar-refractivity contribution in [1.29, 1.82) is 0 Å². The van der Waals surface area contributed by atoms with Crippen LogP contribution >= 0.6 is 0 Å². The lowest BCUT2D eigenvalue weighted by Gasteiger charge is -2.41. The number of pyridine rings is 2. The number of nitrogens with two attached hydrogens (primary N) is 1. The standard InChI is InChI=1S/C23H24N4O2/c24-22(28)23(17-27(11-12-29-23)16-18-6-9-25-10-7-18)14-19-3-1-4-20(13-19)21-5-2-8-26-15-21/h1-10,13,15H,11-12,14,16-17H2,(H2,24,28)/t23-/m0/s1. The zero-order valence-corrected chi connectivity index (χ0v) is 16.2. The van der Waals surface area contributed by atoms with E-state index < -0.39 is 11.5 Å². The lowest BCUT2D eigenvalue weighted by atomic mass is 9.90. The van der Waals surface area contributed by atoms with Gasteiger partial charge in [0.25, 0.3) is 5.91 Å². The Morgan fingerprint density at radius 3 is 2.62 bits per heavy atom. The third-order valence-electron chi connectivity index (χ3n) is 5.28. The van der Waals surface area contributed by atoms with Gasteiger partial charge in [-0.1, -0.05) is 30.3 Å². The topological polar surface area (TPSA) is 81.3 Å². The molecular weight excluding hydrogens is 364 g/mol. The first-order valence-corrected chi connectivity index (χ1v) is 9.69. The zero-order chi connectivity index (χ0) is 20.1. The Balaban J connectivity index is 1.55. The maximum Gasteiger partial charge on any atom is 0.251 e. The number of amides is 1. The van der Waals surface area contributed by atoms with Gasteiger partial charge in [-0.15, -0.1) is 0 Å². The summed E-state index contributed by atoms with van der Waals surface area (Å²) in [5.41, 5.74) is 9.05. The van der Waals surface area contributed by atoms with Crippen LogP contribution in [0.3, 0.4) is 0 Å². The highest BCUT2D eigenvalue weighted by molar-refractivity contribution is 5.84. The van der Waals surface area contributed by atoms with Gasteiger partial charge in [-0.05, 0) is 40.5 Å². The second-order valence-corrected chi connectivity index (χ2v) is 7.39. The molecule has 0 bridgehead atoms. The van der Waals surface area contributed by atoms with Crippen molar-refractivity contribution in [2.45, 2.75) is 18.6 Å². The van der Waals surface area contributed by atoms with Gasteiger partial charge in [0.1, 0.15) is 0 Å². The largest absolute Gasteiger partial charge is 0.367 e. The summed E-state index contributed by atoms with van der Waals surface area (Å²) in [6.07, 6.45) is 7.57. The second-order valence-electron chi connectivity index (χ2n) is 7.39. The van der Waals surface area contributed by atoms with E-state index >= 15 is 0 Å². The predicted molar refractivity (Wildman–Crippen MR) is 111 cm³/mol. The van der Waals surface area contributed by atoms with Crippen molar-refractivity contribution in [1.82, 2.24) is 14.9 Å². The maximum atomic E-state index is 12.5. The number of hydrogen-bond acceptors (Lipinski definition) is 5. The Morgan fingerprint density at radius 2 is 1.86 bits per heavy atom. The number of carbonyl (C=O) groups is 1. The summed E-state index contributed by atoms with van der Waals surface area (Å²) in [5.74, 6) is -0.427. The van der Waals surface area contributed by atoms with E-state index in [1.807, 2.05) is 48.7 Å². The number of benzene rings is 1. The van der Waals surface area contributed by atoms with E-state index in [1.165, 1.54) is 0 Å². The molecule has 0 radical (unpaired) electrons. The van der Waals surface area contributed by atoms with Crippen molar-refractivity contribution in [3.8, 4) is 11.1 Å². The van der Waals surface area contributed by atoms with E-state index in [1.54, 1.807) is 18.6 Å². The fourth-order valence-corrected chi connectivity index (χ4v) is 3.80. The second kappa shape index (κ2) is 8.51. The summed E-state index contributed by atoms with van der Waals surface area (Å²) in [7, 11) is 0. The van der Waals surface area contributed by atoms with Gasteiger partial charge in [0.05, 0.1) is 6.61 Å². The Hall–Kier alpha value is -3.09. The molecule has 3 aromatic rings. The molecule has 2 N–H and O–H groups in total. The molecule has 0 aliphatic carbocycles. The van der Waals surface area contributed by atoms with Crippen LogP contribution in [0.1, 0.15) is 11.1 Å². The number of primary amides is 1. The molecule has 0 unspecified atom stereocenters. The molecule has 148 valence electrons. The number of hydrogen-bond donors (Lipinski definition) is 1. The quantitative estimate of drug-likeness (QED) is 0.701. The van der Waals surface area contributed by atoms with Crippen molar-refractivity contribution in [2.24, 2.45) is 5.73 Å². The summed E-state index contributed by atoms with van der Waals surface area (Å²) in [6.45, 7) is 2.42. The molecule has 1 amide bonds. The van der Waals surface area contributed by atoms with E-state index in [2.05, 4.69) is 20.9 Å². The van der Waals surface area contributed by atoms with Crippen LogP contribution in [-0.4, -0.2) is 46.1 Å². The fourth-order valence-electron chi connectivity index (χ4n) is 3.80. The molecule has 1 aliphatic rings. The number of carbonyl (C=O) groups excluding carboxylic acids is 1. The van der Waals surface area contributed by atoms with Crippen LogP contribution in [0.15, 0.2) is 73.3 Å². The minimum absolute atomic E-state index is 0.427. The lowest BCUT2D eigenvalue weighted by molar-refractivity contribution is -0.157. The molecule has 2 aromatic heterocycles. The van der Waals surface area contributed by atoms with E-state index in [0.29, 0.717) is 19.6 Å². The van der Waals surface area contributed by atoms with Crippen LogP contribution in [0, 0.1) is 0 Å². The Kier molecular flexibility index (Phi) is 5.64. The van der Waals surface area contributed by atoms with Gasteiger partial charge in [0.2, 0.25) is 0 Å². The molecule has 6 nitrogen and oxygen atoms in total. The first-order valence-electron chi connectivity index (χ1n) is 9.69. The molecule has 0 saturated carbocycles. The summed E-state index contributed by atoms with van der Waals surface area (Å²) in [5, 5.41) is 0. The molecule has 29 heavy (non-hydrogen) atoms. The number of morpholine rings is 1. The SMILES string of the molecule is NC(=O)[C@]1(Cc2cccc(-c3cccnc3)c2)CN(Cc2ccncc2)CCO1. The van der Waals surface area contributed by atoms with Crippen LogP contribution < -0.4 is 5.73 Å². The van der Waals surface area contributed by atoms with Crippen molar-refractivity contribution >= 4 is 5.91 Å². The van der Waals surface area contributed by atoms with E-state index in [0.717, 1.165) is 35.3 Å². The maximum absolute atomic E-state index is 12.5. The van der Waals surface area contributed by atoms with Crippen LogP contribution in [0.2, 0.25) is 0 Å². The van der Waals surface area contributed by atoms with E-state index in [9.17, 15) is 4.79 Å². The van der Waals surface area contributed by atoms with Crippen molar-refractivity contribution in [2.75, 3.05) is 19.7 Å². The Bertz CT molecular complexity index is 965. The number of rotatable bonds is 6. The molecule has 1 atom stereocenters. The summed E-state index contributed by atoms with van der Waals surface area (Å²) >= 11 is 0. The predicted octanol–water partition coefficient (Wildman–Crippen LogP) is 2.44. The van der Waals surface area contributed by atoms with Gasteiger partial charge in [-0.25, -0.2) is 0 Å². The highest BCUT2D eigenvalue weighted by Crippen LogP contribution is 2.27. The van der Waals surface area contributed by atoms with Gasteiger partial charge in [-0.2, -0.15) is 0 Å². The Labute approximate surface area is 170 Å². The third kappa shape index (κ3) is 4.50. The molecule has 1 fully saturated rings. The summed E-state index contributed by atoms with van der Waals surface area (Å²) in [4.78, 5) is 23.0. The minimum Gasteiger partial charge on any atom is -0.367 e. The number of aromatic nitrogens is 2. The van der Waals surface area contributed by atoms with Gasteiger partial charge in [0.15, 0.2) is 5.60 Å². The van der Waals surface area contributed by atoms with E-state index in [-0.39, 0.29) is 0 Å². The van der Waals surface area contributed by atoms with Gasteiger partial charge in [-0.3, -0.25) is 19.7 Å². The normalized spacial score (nSPS) is 19.7. The van der Waals surface area contributed by atoms with Crippen LogP contribution in [0.4, 0.5) is 0 Å². The van der Waals surface area contributed by atoms with E-state index in [4.69, 9.17) is 10.5 Å². The van der Waals surface area contributed by atoms with Crippen LogP contribution in [0.25, 0.3) is 11.1 Å². The van der Waals surface area contributed by atoms with Crippen molar-refractivity contribution in [3.05, 3.63) is 84.4 Å². The lowest BCUT2D eigenvalue weighted by Crippen LogP contribution is -2.59. The highest BCUT2D eigenvalue weighted by Gasteiger charge is 2.42. The van der Waals surface area contributed by atoms with Gasteiger partial charge < -0.3 is 10.5 Å². The highest BCUT2D eigenvalue weighted by atomic mass is 16.5. The molecule has 1 aliphatic heterocycles. The molecule has 6 heteroatoms. The van der Waals surface area contributed by atoms with Crippen molar-refractivity contribution in [3.63, 3.8) is 0 Å². The first-order chi connectivity index (χ1) is 14.1. The Morgan fingerprint density at radius 1 is 1.03 bits per heavy atom. The average molecular weight is 388 g/mol. The van der Waals surface area contributed by atoms with Gasteiger partial charge in [0, 0.05) is 50.8 Å². The summed E-state index contributed by atoms with van der Waals surface area (Å²) < 4.78 is 6.00. The molecule has 1 saturated heterocycles. The first kappa shape index (κ1) is 19.2. The molecule has 1 aromatic carbocycles.